The number of hydrogen-bond acceptors (Lipinski definition) is 3. The van der Waals surface area contributed by atoms with Crippen molar-refractivity contribution in [2.45, 2.75) is 32.8 Å². The number of benzene rings is 1. The number of nitrogens with one attached hydrogen (secondary N) is 2. The SMILES string of the molecule is CC[C@H](C)[C@@](C)(O)CNC(=O)C(=O)Nc1ccc(Cl)cc1F. The van der Waals surface area contributed by atoms with E-state index in [1.165, 1.54) is 12.1 Å². The van der Waals surface area contributed by atoms with Gasteiger partial charge in [-0.3, -0.25) is 9.59 Å². The Morgan fingerprint density at radius 3 is 2.59 bits per heavy atom. The Bertz CT molecular complexity index is 564. The van der Waals surface area contributed by atoms with Crippen LogP contribution in [0, 0.1) is 11.7 Å². The molecule has 0 aliphatic heterocycles. The molecule has 1 aromatic rings. The van der Waals surface area contributed by atoms with Crippen LogP contribution in [0.5, 0.6) is 0 Å². The summed E-state index contributed by atoms with van der Waals surface area (Å²) in [5.74, 6) is -2.75. The molecule has 0 heterocycles. The summed E-state index contributed by atoms with van der Waals surface area (Å²) < 4.78 is 13.5. The number of amides is 2. The van der Waals surface area contributed by atoms with Crippen molar-refractivity contribution < 1.29 is 19.1 Å². The van der Waals surface area contributed by atoms with E-state index in [9.17, 15) is 19.1 Å². The fourth-order valence-electron chi connectivity index (χ4n) is 1.72. The van der Waals surface area contributed by atoms with E-state index in [0.717, 1.165) is 12.5 Å². The molecule has 2 amide bonds. The Kier molecular flexibility index (Phi) is 6.32. The summed E-state index contributed by atoms with van der Waals surface area (Å²) in [5, 5.41) is 14.8. The summed E-state index contributed by atoms with van der Waals surface area (Å²) in [6.45, 7) is 5.27. The molecule has 7 heteroatoms. The second-order valence-electron chi connectivity index (χ2n) is 5.43. The second kappa shape index (κ2) is 7.56. The van der Waals surface area contributed by atoms with Gasteiger partial charge in [0, 0.05) is 11.6 Å². The zero-order chi connectivity index (χ0) is 16.9. The lowest BCUT2D eigenvalue weighted by Gasteiger charge is -2.29. The summed E-state index contributed by atoms with van der Waals surface area (Å²) in [7, 11) is 0. The average molecular weight is 331 g/mol. The van der Waals surface area contributed by atoms with Gasteiger partial charge >= 0.3 is 11.8 Å². The van der Waals surface area contributed by atoms with Gasteiger partial charge in [-0.2, -0.15) is 0 Å². The summed E-state index contributed by atoms with van der Waals surface area (Å²) in [5.41, 5.74) is -1.27. The third kappa shape index (κ3) is 4.96. The predicted molar refractivity (Wildman–Crippen MR) is 83.1 cm³/mol. The van der Waals surface area contributed by atoms with Crippen LogP contribution >= 0.6 is 11.6 Å². The maximum atomic E-state index is 13.5. The fourth-order valence-corrected chi connectivity index (χ4v) is 1.88. The number of halogens is 2. The minimum atomic E-state index is -1.13. The average Bonchev–Trinajstić information content (AvgIpc) is 2.46. The standard InChI is InChI=1S/C15H20ClFN2O3/c1-4-9(2)15(3,22)8-18-13(20)14(21)19-12-6-5-10(16)7-11(12)17/h5-7,9,22H,4,8H2,1-3H3,(H,18,20)(H,19,21)/t9-,15-/m0/s1. The molecule has 0 radical (unpaired) electrons. The number of carbonyl (C=O) groups is 2. The first-order chi connectivity index (χ1) is 10.2. The lowest BCUT2D eigenvalue weighted by Crippen LogP contribution is -2.47. The van der Waals surface area contributed by atoms with E-state index in [4.69, 9.17) is 11.6 Å². The first-order valence-corrected chi connectivity index (χ1v) is 7.31. The lowest BCUT2D eigenvalue weighted by atomic mass is 9.89. The third-order valence-electron chi connectivity index (χ3n) is 3.67. The minimum Gasteiger partial charge on any atom is -0.388 e. The van der Waals surface area contributed by atoms with Crippen LogP contribution in [-0.4, -0.2) is 29.1 Å². The van der Waals surface area contributed by atoms with Crippen LogP contribution in [0.3, 0.4) is 0 Å². The van der Waals surface area contributed by atoms with Gasteiger partial charge in [-0.1, -0.05) is 31.9 Å². The number of carbonyl (C=O) groups excluding carboxylic acids is 2. The van der Waals surface area contributed by atoms with Crippen LogP contribution in [0.1, 0.15) is 27.2 Å². The van der Waals surface area contributed by atoms with Crippen LogP contribution in [0.2, 0.25) is 5.02 Å². The van der Waals surface area contributed by atoms with Gasteiger partial charge in [0.15, 0.2) is 0 Å². The van der Waals surface area contributed by atoms with E-state index in [2.05, 4.69) is 10.6 Å². The smallest absolute Gasteiger partial charge is 0.313 e. The molecule has 0 bridgehead atoms. The van der Waals surface area contributed by atoms with Crippen molar-refractivity contribution in [1.82, 2.24) is 5.32 Å². The zero-order valence-electron chi connectivity index (χ0n) is 12.7. The van der Waals surface area contributed by atoms with Crippen molar-refractivity contribution in [3.8, 4) is 0 Å². The van der Waals surface area contributed by atoms with Gasteiger partial charge in [0.2, 0.25) is 0 Å². The maximum absolute atomic E-state index is 13.5. The highest BCUT2D eigenvalue weighted by Crippen LogP contribution is 2.20. The molecule has 22 heavy (non-hydrogen) atoms. The Morgan fingerprint density at radius 2 is 2.05 bits per heavy atom. The molecule has 122 valence electrons. The predicted octanol–water partition coefficient (Wildman–Crippen LogP) is 2.33. The van der Waals surface area contributed by atoms with E-state index in [0.29, 0.717) is 0 Å². The molecule has 0 aliphatic rings. The largest absolute Gasteiger partial charge is 0.388 e. The van der Waals surface area contributed by atoms with Crippen LogP contribution in [0.15, 0.2) is 18.2 Å². The highest BCUT2D eigenvalue weighted by molar-refractivity contribution is 6.39. The van der Waals surface area contributed by atoms with Crippen LogP contribution in [0.25, 0.3) is 0 Å². The molecule has 0 saturated carbocycles. The number of anilines is 1. The van der Waals surface area contributed by atoms with E-state index >= 15 is 0 Å². The molecule has 5 nitrogen and oxygen atoms in total. The summed E-state index contributed by atoms with van der Waals surface area (Å²) in [6.07, 6.45) is 0.727. The first kappa shape index (κ1) is 18.4. The molecular formula is C15H20ClFN2O3. The van der Waals surface area contributed by atoms with Gasteiger partial charge in [0.1, 0.15) is 5.82 Å². The minimum absolute atomic E-state index is 0.0513. The number of rotatable bonds is 5. The van der Waals surface area contributed by atoms with Crippen molar-refractivity contribution in [2.24, 2.45) is 5.92 Å². The molecule has 0 aromatic heterocycles. The van der Waals surface area contributed by atoms with Crippen LogP contribution in [-0.2, 0) is 9.59 Å². The maximum Gasteiger partial charge on any atom is 0.313 e. The fraction of sp³-hybridized carbons (Fsp3) is 0.467. The van der Waals surface area contributed by atoms with Crippen LogP contribution < -0.4 is 10.6 Å². The molecule has 1 rings (SSSR count). The molecule has 0 spiro atoms. The molecule has 0 aliphatic carbocycles. The normalized spacial score (nSPS) is 14.8. The summed E-state index contributed by atoms with van der Waals surface area (Å²) in [6, 6.07) is 3.69. The Labute approximate surface area is 133 Å². The summed E-state index contributed by atoms with van der Waals surface area (Å²) in [4.78, 5) is 23.4. The van der Waals surface area contributed by atoms with E-state index < -0.39 is 23.2 Å². The highest BCUT2D eigenvalue weighted by atomic mass is 35.5. The molecule has 1 aromatic carbocycles. The van der Waals surface area contributed by atoms with Crippen LogP contribution in [0.4, 0.5) is 10.1 Å². The van der Waals surface area contributed by atoms with Gasteiger partial charge in [-0.25, -0.2) is 4.39 Å². The summed E-state index contributed by atoms with van der Waals surface area (Å²) >= 11 is 5.60. The Balaban J connectivity index is 2.61. The highest BCUT2D eigenvalue weighted by Gasteiger charge is 2.28. The van der Waals surface area contributed by atoms with Gasteiger partial charge < -0.3 is 15.7 Å². The Hall–Kier alpha value is -1.66. The van der Waals surface area contributed by atoms with Crippen molar-refractivity contribution in [2.75, 3.05) is 11.9 Å². The Morgan fingerprint density at radius 1 is 1.41 bits per heavy atom. The molecule has 3 N–H and O–H groups in total. The van der Waals surface area contributed by atoms with Crippen molar-refractivity contribution in [3.63, 3.8) is 0 Å². The van der Waals surface area contributed by atoms with Gasteiger partial charge in [-0.15, -0.1) is 0 Å². The van der Waals surface area contributed by atoms with Gasteiger partial charge in [0.25, 0.3) is 0 Å². The molecule has 0 fully saturated rings. The first-order valence-electron chi connectivity index (χ1n) is 6.94. The van der Waals surface area contributed by atoms with Gasteiger partial charge in [-0.05, 0) is 31.0 Å². The zero-order valence-corrected chi connectivity index (χ0v) is 13.5. The van der Waals surface area contributed by atoms with E-state index in [1.54, 1.807) is 6.92 Å². The van der Waals surface area contributed by atoms with Crippen molar-refractivity contribution >= 4 is 29.1 Å². The monoisotopic (exact) mass is 330 g/mol. The number of aliphatic hydroxyl groups is 1. The topological polar surface area (TPSA) is 78.4 Å². The van der Waals surface area contributed by atoms with E-state index in [-0.39, 0.29) is 23.2 Å². The van der Waals surface area contributed by atoms with Crippen molar-refractivity contribution in [1.29, 1.82) is 0 Å². The van der Waals surface area contributed by atoms with Gasteiger partial charge in [0.05, 0.1) is 11.3 Å². The molecule has 0 unspecified atom stereocenters. The lowest BCUT2D eigenvalue weighted by molar-refractivity contribution is -0.137. The molecule has 0 saturated heterocycles. The molecular weight excluding hydrogens is 311 g/mol. The van der Waals surface area contributed by atoms with E-state index in [1.807, 2.05) is 13.8 Å². The third-order valence-corrected chi connectivity index (χ3v) is 3.90. The van der Waals surface area contributed by atoms with Crippen molar-refractivity contribution in [3.05, 3.63) is 29.0 Å². The second-order valence-corrected chi connectivity index (χ2v) is 5.86. The molecule has 2 atom stereocenters. The number of hydrogen-bond donors (Lipinski definition) is 3. The quantitative estimate of drug-likeness (QED) is 0.725.